The summed E-state index contributed by atoms with van der Waals surface area (Å²) in [5, 5.41) is 0.919. The van der Waals surface area contributed by atoms with Crippen LogP contribution >= 0.6 is 11.8 Å². The molecule has 2 rings (SSSR count). The lowest BCUT2D eigenvalue weighted by atomic mass is 10.3. The van der Waals surface area contributed by atoms with Gasteiger partial charge in [-0.1, -0.05) is 17.8 Å². The van der Waals surface area contributed by atoms with Gasteiger partial charge >= 0.3 is 0 Å². The van der Waals surface area contributed by atoms with Crippen LogP contribution in [-0.2, 0) is 0 Å². The van der Waals surface area contributed by atoms with Crippen LogP contribution in [0.3, 0.4) is 0 Å². The van der Waals surface area contributed by atoms with Gasteiger partial charge in [-0.15, -0.1) is 0 Å². The first kappa shape index (κ1) is 10.8. The number of methoxy groups -OCH3 is 1. The van der Waals surface area contributed by atoms with Gasteiger partial charge < -0.3 is 10.5 Å². The number of hydrogen-bond donors (Lipinski definition) is 1. The molecular weight excluding hydrogens is 220 g/mol. The normalized spacial score (nSPS) is 10.1. The van der Waals surface area contributed by atoms with Crippen LogP contribution in [0.25, 0.3) is 0 Å². The molecule has 1 heterocycles. The van der Waals surface area contributed by atoms with E-state index in [9.17, 15) is 0 Å². The Morgan fingerprint density at radius 1 is 1.25 bits per heavy atom. The average molecular weight is 232 g/mol. The number of nitrogens with zero attached hydrogens (tertiary/aromatic N) is 1. The van der Waals surface area contributed by atoms with Gasteiger partial charge in [0.25, 0.3) is 0 Å². The van der Waals surface area contributed by atoms with E-state index in [1.54, 1.807) is 13.3 Å². The first-order chi connectivity index (χ1) is 7.79. The van der Waals surface area contributed by atoms with Crippen LogP contribution in [0.5, 0.6) is 5.75 Å². The zero-order valence-electron chi connectivity index (χ0n) is 8.88. The summed E-state index contributed by atoms with van der Waals surface area (Å²) in [5.74, 6) is 0.799. The van der Waals surface area contributed by atoms with Gasteiger partial charge in [-0.05, 0) is 30.3 Å². The Hall–Kier alpha value is -1.68. The lowest BCUT2D eigenvalue weighted by molar-refractivity contribution is 0.414. The lowest BCUT2D eigenvalue weighted by Crippen LogP contribution is -1.90. The average Bonchev–Trinajstić information content (AvgIpc) is 2.33. The Morgan fingerprint density at radius 2 is 2.12 bits per heavy atom. The molecule has 0 aliphatic carbocycles. The van der Waals surface area contributed by atoms with Crippen molar-refractivity contribution in [2.75, 3.05) is 12.8 Å². The molecule has 2 N–H and O–H groups in total. The summed E-state index contributed by atoms with van der Waals surface area (Å²) in [6, 6.07) is 11.4. The predicted octanol–water partition coefficient (Wildman–Crippen LogP) is 2.82. The number of nitrogen functional groups attached to an aromatic ring is 1. The summed E-state index contributed by atoms with van der Waals surface area (Å²) in [4.78, 5) is 5.19. The van der Waals surface area contributed by atoms with Crippen molar-refractivity contribution in [1.82, 2.24) is 4.98 Å². The summed E-state index contributed by atoms with van der Waals surface area (Å²) in [7, 11) is 1.64. The smallest absolute Gasteiger partial charge is 0.120 e. The van der Waals surface area contributed by atoms with E-state index < -0.39 is 0 Å². The van der Waals surface area contributed by atoms with Crippen LogP contribution < -0.4 is 10.5 Å². The highest BCUT2D eigenvalue weighted by Crippen LogP contribution is 2.33. The Labute approximate surface area is 98.6 Å². The SMILES string of the molecule is COc1ccc(N)c(Sc2ccccn2)c1. The molecule has 0 unspecified atom stereocenters. The molecule has 16 heavy (non-hydrogen) atoms. The first-order valence-corrected chi connectivity index (χ1v) is 5.63. The van der Waals surface area contributed by atoms with Gasteiger partial charge in [0, 0.05) is 16.8 Å². The molecule has 4 heteroatoms. The third-order valence-electron chi connectivity index (χ3n) is 2.07. The molecule has 0 spiro atoms. The first-order valence-electron chi connectivity index (χ1n) is 4.82. The Morgan fingerprint density at radius 3 is 2.81 bits per heavy atom. The second kappa shape index (κ2) is 4.90. The Balaban J connectivity index is 2.27. The van der Waals surface area contributed by atoms with Crippen LogP contribution in [0.4, 0.5) is 5.69 Å². The van der Waals surface area contributed by atoms with Gasteiger partial charge in [0.05, 0.1) is 7.11 Å². The van der Waals surface area contributed by atoms with Crippen molar-refractivity contribution >= 4 is 17.4 Å². The van der Waals surface area contributed by atoms with Crippen molar-refractivity contribution in [2.45, 2.75) is 9.92 Å². The minimum atomic E-state index is 0.733. The zero-order chi connectivity index (χ0) is 11.4. The second-order valence-electron chi connectivity index (χ2n) is 3.17. The standard InChI is InChI=1S/C12H12N2OS/c1-15-9-5-6-10(13)11(8-9)16-12-4-2-3-7-14-12/h2-8H,13H2,1H3. The number of anilines is 1. The lowest BCUT2D eigenvalue weighted by Gasteiger charge is -2.06. The van der Waals surface area contributed by atoms with E-state index in [4.69, 9.17) is 10.5 Å². The minimum absolute atomic E-state index is 0.733. The van der Waals surface area contributed by atoms with Crippen LogP contribution in [-0.4, -0.2) is 12.1 Å². The number of nitrogens with two attached hydrogens (primary N) is 1. The van der Waals surface area contributed by atoms with Crippen molar-refractivity contribution in [2.24, 2.45) is 0 Å². The highest BCUT2D eigenvalue weighted by atomic mass is 32.2. The number of hydrogen-bond acceptors (Lipinski definition) is 4. The number of aromatic nitrogens is 1. The molecule has 1 aromatic carbocycles. The fourth-order valence-corrected chi connectivity index (χ4v) is 2.10. The maximum Gasteiger partial charge on any atom is 0.120 e. The number of benzene rings is 1. The van der Waals surface area contributed by atoms with Gasteiger partial charge in [-0.25, -0.2) is 4.98 Å². The van der Waals surface area contributed by atoms with E-state index in [1.807, 2.05) is 36.4 Å². The van der Waals surface area contributed by atoms with Crippen molar-refractivity contribution in [3.63, 3.8) is 0 Å². The quantitative estimate of drug-likeness (QED) is 0.827. The molecule has 1 aromatic heterocycles. The maximum absolute atomic E-state index is 5.89. The molecule has 0 bridgehead atoms. The summed E-state index contributed by atoms with van der Waals surface area (Å²) in [5.41, 5.74) is 6.62. The molecule has 0 atom stereocenters. The second-order valence-corrected chi connectivity index (χ2v) is 4.24. The highest BCUT2D eigenvalue weighted by Gasteiger charge is 2.04. The fourth-order valence-electron chi connectivity index (χ4n) is 1.25. The number of ether oxygens (including phenoxy) is 1. The minimum Gasteiger partial charge on any atom is -0.497 e. The molecule has 0 radical (unpaired) electrons. The predicted molar refractivity (Wildman–Crippen MR) is 65.8 cm³/mol. The van der Waals surface area contributed by atoms with E-state index >= 15 is 0 Å². The van der Waals surface area contributed by atoms with Gasteiger partial charge in [0.1, 0.15) is 10.8 Å². The van der Waals surface area contributed by atoms with Gasteiger partial charge in [0.15, 0.2) is 0 Å². The molecule has 0 aliphatic rings. The molecule has 0 fully saturated rings. The van der Waals surface area contributed by atoms with Crippen molar-refractivity contribution < 1.29 is 4.74 Å². The van der Waals surface area contributed by atoms with Crippen LogP contribution in [0.1, 0.15) is 0 Å². The van der Waals surface area contributed by atoms with E-state index in [2.05, 4.69) is 4.98 Å². The molecule has 82 valence electrons. The molecule has 0 saturated heterocycles. The fraction of sp³-hybridized carbons (Fsp3) is 0.0833. The molecule has 0 amide bonds. The van der Waals surface area contributed by atoms with E-state index in [0.717, 1.165) is 21.4 Å². The van der Waals surface area contributed by atoms with E-state index in [0.29, 0.717) is 0 Å². The topological polar surface area (TPSA) is 48.1 Å². The van der Waals surface area contributed by atoms with Crippen molar-refractivity contribution in [1.29, 1.82) is 0 Å². The molecule has 2 aromatic rings. The van der Waals surface area contributed by atoms with Gasteiger partial charge in [0.2, 0.25) is 0 Å². The third kappa shape index (κ3) is 2.46. The maximum atomic E-state index is 5.89. The number of pyridine rings is 1. The molecular formula is C12H12N2OS. The zero-order valence-corrected chi connectivity index (χ0v) is 9.70. The van der Waals surface area contributed by atoms with Gasteiger partial charge in [-0.3, -0.25) is 0 Å². The third-order valence-corrected chi connectivity index (χ3v) is 3.10. The van der Waals surface area contributed by atoms with E-state index in [1.165, 1.54) is 11.8 Å². The van der Waals surface area contributed by atoms with Gasteiger partial charge in [-0.2, -0.15) is 0 Å². The van der Waals surface area contributed by atoms with Crippen molar-refractivity contribution in [3.8, 4) is 5.75 Å². The molecule has 0 saturated carbocycles. The van der Waals surface area contributed by atoms with Crippen molar-refractivity contribution in [3.05, 3.63) is 42.6 Å². The van der Waals surface area contributed by atoms with Crippen LogP contribution in [0.15, 0.2) is 52.5 Å². The highest BCUT2D eigenvalue weighted by molar-refractivity contribution is 7.99. The summed E-state index contributed by atoms with van der Waals surface area (Å²) in [6.07, 6.45) is 1.76. The Kier molecular flexibility index (Phi) is 3.31. The molecule has 0 aliphatic heterocycles. The van der Waals surface area contributed by atoms with Crippen LogP contribution in [0, 0.1) is 0 Å². The summed E-state index contributed by atoms with van der Waals surface area (Å²) in [6.45, 7) is 0. The summed E-state index contributed by atoms with van der Waals surface area (Å²) < 4.78 is 5.16. The van der Waals surface area contributed by atoms with Crippen LogP contribution in [0.2, 0.25) is 0 Å². The molecule has 3 nitrogen and oxygen atoms in total. The summed E-state index contributed by atoms with van der Waals surface area (Å²) >= 11 is 1.53. The number of rotatable bonds is 3. The monoisotopic (exact) mass is 232 g/mol. The van der Waals surface area contributed by atoms with E-state index in [-0.39, 0.29) is 0 Å². The Bertz CT molecular complexity index is 474. The largest absolute Gasteiger partial charge is 0.497 e.